The van der Waals surface area contributed by atoms with Crippen molar-refractivity contribution in [1.29, 1.82) is 0 Å². The lowest BCUT2D eigenvalue weighted by Gasteiger charge is -2.32. The summed E-state index contributed by atoms with van der Waals surface area (Å²) >= 11 is 0. The molecule has 2 nitrogen and oxygen atoms in total. The van der Waals surface area contributed by atoms with E-state index in [4.69, 9.17) is 4.42 Å². The van der Waals surface area contributed by atoms with Crippen molar-refractivity contribution < 1.29 is 10.4 Å². The first kappa shape index (κ1) is 19.1. The molecule has 0 bridgehead atoms. The molecule has 1 saturated carbocycles. The molecule has 3 atom stereocenters. The molecule has 2 aromatic carbocycles. The summed E-state index contributed by atoms with van der Waals surface area (Å²) in [5.74, 6) is 1.03. The van der Waals surface area contributed by atoms with E-state index in [9.17, 15) is 1.37 Å². The van der Waals surface area contributed by atoms with Gasteiger partial charge in [0.2, 0.25) is 5.69 Å². The molecular formula is C29H34NOSi+. The first-order valence-electron chi connectivity index (χ1n) is 12.7. The molecule has 164 valence electrons. The molecule has 3 heteroatoms. The Balaban J connectivity index is 1.53. The van der Waals surface area contributed by atoms with Crippen LogP contribution in [-0.2, 0) is 7.05 Å². The van der Waals surface area contributed by atoms with Crippen LogP contribution >= 0.6 is 0 Å². The number of pyridine rings is 1. The van der Waals surface area contributed by atoms with Crippen LogP contribution in [0.25, 0.3) is 33.2 Å². The molecule has 2 aromatic heterocycles. The molecule has 3 unspecified atom stereocenters. The molecule has 6 rings (SSSR count). The second-order valence-electron chi connectivity index (χ2n) is 11.1. The number of para-hydroxylation sites is 1. The van der Waals surface area contributed by atoms with Gasteiger partial charge in [-0.1, -0.05) is 55.5 Å². The first-order chi connectivity index (χ1) is 15.8. The molecular weight excluding hydrogens is 406 g/mol. The van der Waals surface area contributed by atoms with Gasteiger partial charge in [-0.25, -0.2) is 4.57 Å². The SMILES string of the molecule is [2H]C1(c2cccc3c2oc2c(-c4cccc[n+]4C)c(C)ccc23)CCC2C[Si](C)(C)CC2C1. The fourth-order valence-corrected chi connectivity index (χ4v) is 10.8. The van der Waals surface area contributed by atoms with Crippen LogP contribution in [0.3, 0.4) is 0 Å². The summed E-state index contributed by atoms with van der Waals surface area (Å²) in [6, 6.07) is 20.1. The van der Waals surface area contributed by atoms with Crippen molar-refractivity contribution in [3.05, 3.63) is 65.9 Å². The zero-order valence-corrected chi connectivity index (χ0v) is 20.7. The number of hydrogen-bond donors (Lipinski definition) is 0. The van der Waals surface area contributed by atoms with Gasteiger partial charge >= 0.3 is 0 Å². The van der Waals surface area contributed by atoms with E-state index in [1.54, 1.807) is 0 Å². The molecule has 4 aromatic rings. The van der Waals surface area contributed by atoms with Crippen molar-refractivity contribution in [2.24, 2.45) is 18.9 Å². The Bertz CT molecular complexity index is 1390. The van der Waals surface area contributed by atoms with E-state index >= 15 is 0 Å². The van der Waals surface area contributed by atoms with Crippen molar-refractivity contribution in [3.8, 4) is 11.3 Å². The number of furan rings is 1. The maximum absolute atomic E-state index is 9.64. The molecule has 32 heavy (non-hydrogen) atoms. The highest BCUT2D eigenvalue weighted by Gasteiger charge is 2.43. The van der Waals surface area contributed by atoms with Crippen LogP contribution in [0, 0.1) is 18.8 Å². The zero-order valence-electron chi connectivity index (χ0n) is 20.7. The highest BCUT2D eigenvalue weighted by molar-refractivity contribution is 6.78. The van der Waals surface area contributed by atoms with E-state index in [0.717, 1.165) is 63.4 Å². The number of benzene rings is 2. The van der Waals surface area contributed by atoms with Gasteiger partial charge in [0.25, 0.3) is 0 Å². The van der Waals surface area contributed by atoms with E-state index in [2.05, 4.69) is 86.4 Å². The number of rotatable bonds is 2. The molecule has 0 N–H and O–H groups in total. The maximum atomic E-state index is 9.64. The van der Waals surface area contributed by atoms with Crippen LogP contribution in [0.2, 0.25) is 25.2 Å². The number of nitrogens with zero attached hydrogens (tertiary/aromatic N) is 1. The van der Waals surface area contributed by atoms with Crippen molar-refractivity contribution in [3.63, 3.8) is 0 Å². The molecule has 2 aliphatic rings. The maximum Gasteiger partial charge on any atom is 0.216 e. The number of aromatic nitrogens is 1. The molecule has 0 spiro atoms. The van der Waals surface area contributed by atoms with Crippen LogP contribution < -0.4 is 4.57 Å². The Kier molecular flexibility index (Phi) is 4.37. The van der Waals surface area contributed by atoms with E-state index in [0.29, 0.717) is 0 Å². The van der Waals surface area contributed by atoms with Crippen LogP contribution in [0.4, 0.5) is 0 Å². The minimum atomic E-state index is -1.08. The van der Waals surface area contributed by atoms with E-state index in [1.807, 2.05) is 0 Å². The van der Waals surface area contributed by atoms with Crippen LogP contribution in [-0.4, -0.2) is 8.07 Å². The smallest absolute Gasteiger partial charge is 0.216 e. The first-order valence-corrected chi connectivity index (χ1v) is 15.6. The summed E-state index contributed by atoms with van der Waals surface area (Å²) in [5.41, 5.74) is 6.50. The minimum absolute atomic E-state index is 0.546. The molecule has 1 saturated heterocycles. The number of hydrogen-bond acceptors (Lipinski definition) is 1. The summed E-state index contributed by atoms with van der Waals surface area (Å²) < 4.78 is 18.6. The third kappa shape index (κ3) is 3.16. The second-order valence-corrected chi connectivity index (χ2v) is 16.2. The van der Waals surface area contributed by atoms with Crippen molar-refractivity contribution in [2.75, 3.05) is 0 Å². The topological polar surface area (TPSA) is 17.0 Å². The van der Waals surface area contributed by atoms with Crippen LogP contribution in [0.5, 0.6) is 0 Å². The highest BCUT2D eigenvalue weighted by atomic mass is 28.3. The van der Waals surface area contributed by atoms with E-state index in [1.165, 1.54) is 24.1 Å². The van der Waals surface area contributed by atoms with Gasteiger partial charge in [-0.3, -0.25) is 0 Å². The lowest BCUT2D eigenvalue weighted by Crippen LogP contribution is -2.30. The standard InChI is InChI=1S/C29H34NOSi/c1-19-11-14-25-24-9-7-8-23(20-12-13-21-17-32(3,4)18-22(21)16-20)28(24)31-29(25)27(19)26-10-5-6-15-30(26)2/h5-11,14-15,20-22H,12-13,16-18H2,1-4H3/q+1/i20D. The van der Waals surface area contributed by atoms with Gasteiger partial charge in [0.05, 0.1) is 5.56 Å². The van der Waals surface area contributed by atoms with Crippen LogP contribution in [0.1, 0.15) is 37.7 Å². The Labute approximate surface area is 193 Å². The van der Waals surface area contributed by atoms with Crippen molar-refractivity contribution >= 4 is 30.0 Å². The third-order valence-corrected chi connectivity index (χ3v) is 11.4. The van der Waals surface area contributed by atoms with Gasteiger partial charge in [-0.2, -0.15) is 0 Å². The molecule has 1 aliphatic carbocycles. The molecule has 2 fully saturated rings. The second kappa shape index (κ2) is 7.31. The van der Waals surface area contributed by atoms with Crippen molar-refractivity contribution in [2.45, 2.75) is 57.3 Å². The largest absolute Gasteiger partial charge is 0.455 e. The van der Waals surface area contributed by atoms with Gasteiger partial charge in [0.1, 0.15) is 18.2 Å². The summed E-state index contributed by atoms with van der Waals surface area (Å²) in [4.78, 5) is 0. The normalized spacial score (nSPS) is 27.6. The predicted molar refractivity (Wildman–Crippen MR) is 136 cm³/mol. The molecule has 3 heterocycles. The Morgan fingerprint density at radius 3 is 2.59 bits per heavy atom. The summed E-state index contributed by atoms with van der Waals surface area (Å²) in [5, 5.41) is 2.31. The summed E-state index contributed by atoms with van der Waals surface area (Å²) in [7, 11) is 1.01. The third-order valence-electron chi connectivity index (χ3n) is 8.19. The Morgan fingerprint density at radius 1 is 0.938 bits per heavy atom. The highest BCUT2D eigenvalue weighted by Crippen LogP contribution is 2.52. The average molecular weight is 442 g/mol. The Morgan fingerprint density at radius 2 is 1.75 bits per heavy atom. The van der Waals surface area contributed by atoms with Gasteiger partial charge in [-0.15, -0.1) is 0 Å². The molecule has 0 radical (unpaired) electrons. The van der Waals surface area contributed by atoms with Gasteiger partial charge in [0.15, 0.2) is 6.20 Å². The average Bonchev–Trinajstić information content (AvgIpc) is 3.29. The van der Waals surface area contributed by atoms with Gasteiger partial charge in [-0.05, 0) is 61.1 Å². The molecule has 0 amide bonds. The number of fused-ring (bicyclic) bond motifs is 4. The van der Waals surface area contributed by atoms with Gasteiger partial charge in [0, 0.05) is 32.3 Å². The summed E-state index contributed by atoms with van der Waals surface area (Å²) in [6.07, 6.45) is 5.23. The Hall–Kier alpha value is -2.39. The monoisotopic (exact) mass is 441 g/mol. The number of aryl methyl sites for hydroxylation is 2. The fraction of sp³-hybridized carbons (Fsp3) is 0.414. The lowest BCUT2D eigenvalue weighted by molar-refractivity contribution is -0.660. The van der Waals surface area contributed by atoms with E-state index < -0.39 is 14.0 Å². The minimum Gasteiger partial charge on any atom is -0.455 e. The van der Waals surface area contributed by atoms with Gasteiger partial charge < -0.3 is 4.42 Å². The zero-order chi connectivity index (χ0) is 23.0. The predicted octanol–water partition coefficient (Wildman–Crippen LogP) is 7.61. The van der Waals surface area contributed by atoms with Crippen molar-refractivity contribution in [1.82, 2.24) is 0 Å². The quantitative estimate of drug-likeness (QED) is 0.231. The van der Waals surface area contributed by atoms with Crippen LogP contribution in [0.15, 0.2) is 59.1 Å². The van der Waals surface area contributed by atoms with E-state index in [-0.39, 0.29) is 0 Å². The summed E-state index contributed by atoms with van der Waals surface area (Å²) in [6.45, 7) is 7.25. The molecule has 1 aliphatic heterocycles. The lowest BCUT2D eigenvalue weighted by atomic mass is 9.73. The fourth-order valence-electron chi connectivity index (χ4n) is 6.78.